The Kier molecular flexibility index (Phi) is 17.6. The van der Waals surface area contributed by atoms with Crippen molar-refractivity contribution in [3.05, 3.63) is 83.6 Å². The van der Waals surface area contributed by atoms with Crippen molar-refractivity contribution in [2.75, 3.05) is 88.8 Å². The minimum Gasteiger partial charge on any atom is -0.492 e. The monoisotopic (exact) mass is 1110 g/mol. The molecule has 21 nitrogen and oxygen atoms in total. The molecule has 8 rings (SSSR count). The number of hydrogen-bond donors (Lipinski definition) is 1. The van der Waals surface area contributed by atoms with Crippen LogP contribution in [-0.2, 0) is 25.9 Å². The molecule has 0 spiro atoms. The zero-order valence-corrected chi connectivity index (χ0v) is 49.3. The molecule has 3 aromatic heterocycles. The highest BCUT2D eigenvalue weighted by Crippen LogP contribution is 2.38. The normalized spacial score (nSPS) is 19.4. The smallest absolute Gasteiger partial charge is 0.435 e. The number of piperazine rings is 3. The van der Waals surface area contributed by atoms with Gasteiger partial charge in [0.1, 0.15) is 34.0 Å². The summed E-state index contributed by atoms with van der Waals surface area (Å²) >= 11 is 0. The summed E-state index contributed by atoms with van der Waals surface area (Å²) in [5.41, 5.74) is 2.12. The molecule has 5 aromatic rings. The van der Waals surface area contributed by atoms with Crippen molar-refractivity contribution in [1.82, 2.24) is 54.2 Å². The van der Waals surface area contributed by atoms with Crippen LogP contribution in [0, 0.1) is 13.8 Å². The summed E-state index contributed by atoms with van der Waals surface area (Å²) in [6.07, 6.45) is 4.36. The summed E-state index contributed by atoms with van der Waals surface area (Å²) < 4.78 is 46.0. The lowest BCUT2D eigenvalue weighted by Gasteiger charge is -2.48. The minimum atomic E-state index is -3.92. The predicted molar refractivity (Wildman–Crippen MR) is 304 cm³/mol. The summed E-state index contributed by atoms with van der Waals surface area (Å²) in [6.45, 7) is 32.4. The topological polar surface area (TPSA) is 214 Å². The van der Waals surface area contributed by atoms with Crippen molar-refractivity contribution in [2.45, 2.75) is 142 Å². The number of amides is 2. The van der Waals surface area contributed by atoms with Crippen molar-refractivity contribution in [1.29, 1.82) is 0 Å². The molecular weight excluding hydrogens is 1030 g/mol. The largest absolute Gasteiger partial charge is 0.492 e. The van der Waals surface area contributed by atoms with Gasteiger partial charge in [0.2, 0.25) is 5.95 Å². The summed E-state index contributed by atoms with van der Waals surface area (Å²) in [4.78, 5) is 71.6. The van der Waals surface area contributed by atoms with E-state index >= 15 is 0 Å². The van der Waals surface area contributed by atoms with Gasteiger partial charge in [-0.2, -0.15) is 4.68 Å². The van der Waals surface area contributed by atoms with Gasteiger partial charge in [-0.25, -0.2) is 37.9 Å². The molecule has 22 heteroatoms. The van der Waals surface area contributed by atoms with E-state index in [1.54, 1.807) is 73.0 Å². The number of benzene rings is 2. The Labute approximate surface area is 465 Å². The van der Waals surface area contributed by atoms with Gasteiger partial charge in [0.05, 0.1) is 28.1 Å². The number of carbonyl (C=O) groups excluding carboxylic acids is 3. The van der Waals surface area contributed by atoms with Crippen molar-refractivity contribution >= 4 is 56.4 Å². The van der Waals surface area contributed by atoms with Crippen LogP contribution in [0.3, 0.4) is 0 Å². The maximum atomic E-state index is 14.1. The number of nitrogens with one attached hydrogen (secondary N) is 1. The lowest BCUT2D eigenvalue weighted by molar-refractivity contribution is -0.0227. The minimum absolute atomic E-state index is 0.00912. The first-order chi connectivity index (χ1) is 37.2. The van der Waals surface area contributed by atoms with Gasteiger partial charge in [0.25, 0.3) is 5.91 Å². The summed E-state index contributed by atoms with van der Waals surface area (Å²) in [6, 6.07) is 14.0. The number of aromatic nitrogens is 6. The van der Waals surface area contributed by atoms with E-state index in [0.29, 0.717) is 91.0 Å². The van der Waals surface area contributed by atoms with Gasteiger partial charge >= 0.3 is 12.2 Å². The molecule has 79 heavy (non-hydrogen) atoms. The number of anilines is 3. The van der Waals surface area contributed by atoms with E-state index in [4.69, 9.17) is 24.2 Å². The van der Waals surface area contributed by atoms with Gasteiger partial charge in [-0.15, -0.1) is 5.10 Å². The number of hydrogen-bond acceptors (Lipinski definition) is 18. The summed E-state index contributed by atoms with van der Waals surface area (Å²) in [5, 5.41) is 8.11. The first kappa shape index (κ1) is 58.7. The average Bonchev–Trinajstić information content (AvgIpc) is 3.80. The van der Waals surface area contributed by atoms with Crippen LogP contribution in [0.15, 0.2) is 66.1 Å². The zero-order valence-electron chi connectivity index (χ0n) is 48.4. The Morgan fingerprint density at radius 2 is 1.42 bits per heavy atom. The SMILES string of the molecule is Cc1c(Nc2ncnc3cc(OCCCN4CCN(C(=O)c5cnc(N6CCN(C[C@H]7CN(C(=O)OC(C)(C)C)[C@H](C)CN7Cc7ccccc7)[C@H](C)C6)nc5)CC4)c(S(=O)(=O)C(C)(C)C)cc23)nn(C(=O)OC(C)(C)C)c1C. The van der Waals surface area contributed by atoms with Gasteiger partial charge in [-0.3, -0.25) is 19.5 Å². The first-order valence-corrected chi connectivity index (χ1v) is 29.0. The third kappa shape index (κ3) is 14.1. The van der Waals surface area contributed by atoms with Crippen LogP contribution in [0.1, 0.15) is 110 Å². The highest BCUT2D eigenvalue weighted by molar-refractivity contribution is 7.92. The Hall–Kier alpha value is -6.49. The molecule has 0 aliphatic carbocycles. The third-order valence-corrected chi connectivity index (χ3v) is 17.3. The van der Waals surface area contributed by atoms with Crippen molar-refractivity contribution in [3.8, 4) is 5.75 Å². The van der Waals surface area contributed by atoms with Gasteiger partial charge in [-0.05, 0) is 108 Å². The number of carbonyl (C=O) groups is 3. The highest BCUT2D eigenvalue weighted by atomic mass is 32.2. The molecule has 0 bridgehead atoms. The molecule has 0 saturated carbocycles. The van der Waals surface area contributed by atoms with E-state index in [0.717, 1.165) is 39.3 Å². The lowest BCUT2D eigenvalue weighted by Crippen LogP contribution is -2.63. The molecule has 428 valence electrons. The predicted octanol–water partition coefficient (Wildman–Crippen LogP) is 7.58. The van der Waals surface area contributed by atoms with E-state index in [1.807, 2.05) is 43.6 Å². The van der Waals surface area contributed by atoms with Crippen molar-refractivity contribution < 1.29 is 37.0 Å². The zero-order chi connectivity index (χ0) is 57.2. The Balaban J connectivity index is 0.835. The summed E-state index contributed by atoms with van der Waals surface area (Å²) in [5.74, 6) is 1.35. The van der Waals surface area contributed by atoms with Gasteiger partial charge in [0.15, 0.2) is 15.7 Å². The Bertz CT molecular complexity index is 3070. The van der Waals surface area contributed by atoms with Crippen LogP contribution in [-0.4, -0.2) is 193 Å². The number of fused-ring (bicyclic) bond motifs is 1. The molecule has 3 saturated heterocycles. The summed E-state index contributed by atoms with van der Waals surface area (Å²) in [7, 11) is -3.92. The van der Waals surface area contributed by atoms with E-state index in [9.17, 15) is 22.8 Å². The molecule has 1 N–H and O–H groups in total. The van der Waals surface area contributed by atoms with Crippen molar-refractivity contribution in [2.24, 2.45) is 0 Å². The molecule has 6 heterocycles. The fraction of sp³-hybridized carbons (Fsp3) is 0.579. The molecule has 3 fully saturated rings. The van der Waals surface area contributed by atoms with Gasteiger partial charge in [-0.1, -0.05) is 30.3 Å². The van der Waals surface area contributed by atoms with Crippen molar-refractivity contribution in [3.63, 3.8) is 0 Å². The maximum Gasteiger partial charge on any atom is 0.435 e. The molecular formula is C57H81N13O8S. The van der Waals surface area contributed by atoms with Crippen LogP contribution in [0.5, 0.6) is 5.75 Å². The van der Waals surface area contributed by atoms with E-state index in [2.05, 4.69) is 78.1 Å². The Morgan fingerprint density at radius 1 is 0.747 bits per heavy atom. The molecule has 3 aliphatic heterocycles. The third-order valence-electron chi connectivity index (χ3n) is 14.7. The molecule has 0 unspecified atom stereocenters. The van der Waals surface area contributed by atoms with Crippen LogP contribution in [0.2, 0.25) is 0 Å². The molecule has 2 aromatic carbocycles. The fourth-order valence-electron chi connectivity index (χ4n) is 10.1. The quantitative estimate of drug-likeness (QED) is 0.106. The highest BCUT2D eigenvalue weighted by Gasteiger charge is 2.39. The number of rotatable bonds is 14. The number of sulfone groups is 1. The molecule has 2 amide bonds. The number of ether oxygens (including phenoxy) is 3. The maximum absolute atomic E-state index is 14.1. The van der Waals surface area contributed by atoms with E-state index < -0.39 is 31.9 Å². The van der Waals surface area contributed by atoms with E-state index in [-0.39, 0.29) is 47.4 Å². The average molecular weight is 1110 g/mol. The van der Waals surface area contributed by atoms with E-state index in [1.165, 1.54) is 16.6 Å². The van der Waals surface area contributed by atoms with Crippen LogP contribution in [0.25, 0.3) is 10.9 Å². The number of nitrogens with zero attached hydrogens (tertiary/aromatic N) is 12. The van der Waals surface area contributed by atoms with Crippen LogP contribution in [0.4, 0.5) is 27.2 Å². The molecule has 3 atom stereocenters. The second-order valence-electron chi connectivity index (χ2n) is 24.2. The van der Waals surface area contributed by atoms with Crippen LogP contribution < -0.4 is 15.0 Å². The molecule has 3 aliphatic rings. The first-order valence-electron chi connectivity index (χ1n) is 27.5. The standard InChI is InChI=1S/C57H81N13O8S/c1-38-32-67(26-25-66(38)35-44-36-69(53(72)77-55(5,6)7)39(2)33-68(44)34-42-18-15-14-16-19-42)52-58-30-43(31-59-52)51(71)65-23-21-64(22-24-65)20-17-27-76-47-29-46-45(28-48(47)79(74,75)57(11,12)13)50(61-37-60-46)62-49-40(3)41(4)70(63-49)54(73)78-56(8,9)10/h14-16,18-19,28-31,37-39,44H,17,20-27,32-36H2,1-13H3,(H,60,61,62,63)/t38-,39-,44+/m1/s1. The second kappa shape index (κ2) is 23.7. The Morgan fingerprint density at radius 3 is 2.06 bits per heavy atom. The van der Waals surface area contributed by atoms with Gasteiger partial charge < -0.3 is 34.2 Å². The van der Waals surface area contributed by atoms with Crippen LogP contribution >= 0.6 is 0 Å². The fourth-order valence-corrected chi connectivity index (χ4v) is 11.4. The molecule has 0 radical (unpaired) electrons. The van der Waals surface area contributed by atoms with Gasteiger partial charge in [0, 0.05) is 126 Å². The second-order valence-corrected chi connectivity index (χ2v) is 26.8. The lowest BCUT2D eigenvalue weighted by atomic mass is 10.0.